The summed E-state index contributed by atoms with van der Waals surface area (Å²) >= 11 is 0. The van der Waals surface area contributed by atoms with Crippen LogP contribution in [0.15, 0.2) is 6.20 Å². The smallest absolute Gasteiger partial charge is 0.233 e. The standard InChI is InChI=1S/C14H24N4O/c1-3-11-8-16-18-12(11)17-13(19)14(9-15)6-4-10(2)5-7-14/h8,10H,3-7,9,15H2,1-2H3,(H2,16,17,18,19). The molecule has 0 spiro atoms. The second-order valence-electron chi connectivity index (χ2n) is 5.74. The van der Waals surface area contributed by atoms with Crippen molar-refractivity contribution in [1.82, 2.24) is 10.2 Å². The van der Waals surface area contributed by atoms with E-state index >= 15 is 0 Å². The number of carbonyl (C=O) groups excluding carboxylic acids is 1. The van der Waals surface area contributed by atoms with Gasteiger partial charge in [-0.3, -0.25) is 9.89 Å². The monoisotopic (exact) mass is 264 g/mol. The minimum atomic E-state index is -0.400. The summed E-state index contributed by atoms with van der Waals surface area (Å²) in [6.07, 6.45) is 6.52. The van der Waals surface area contributed by atoms with Gasteiger partial charge in [-0.25, -0.2) is 0 Å². The third-order valence-corrected chi connectivity index (χ3v) is 4.44. The number of aryl methyl sites for hydroxylation is 1. The molecule has 0 bridgehead atoms. The molecule has 1 amide bonds. The molecule has 0 aromatic carbocycles. The molecule has 19 heavy (non-hydrogen) atoms. The Balaban J connectivity index is 2.09. The maximum Gasteiger partial charge on any atom is 0.233 e. The molecular weight excluding hydrogens is 240 g/mol. The largest absolute Gasteiger partial charge is 0.329 e. The van der Waals surface area contributed by atoms with Gasteiger partial charge in [0, 0.05) is 12.1 Å². The van der Waals surface area contributed by atoms with Gasteiger partial charge in [0.25, 0.3) is 0 Å². The first kappa shape index (κ1) is 14.1. The number of H-pyrrole nitrogens is 1. The van der Waals surface area contributed by atoms with Gasteiger partial charge in [-0.2, -0.15) is 5.10 Å². The molecule has 0 atom stereocenters. The zero-order valence-corrected chi connectivity index (χ0v) is 11.8. The highest BCUT2D eigenvalue weighted by Crippen LogP contribution is 2.39. The number of anilines is 1. The maximum absolute atomic E-state index is 12.6. The van der Waals surface area contributed by atoms with Gasteiger partial charge in [-0.15, -0.1) is 0 Å². The van der Waals surface area contributed by atoms with Gasteiger partial charge in [0.15, 0.2) is 0 Å². The zero-order valence-electron chi connectivity index (χ0n) is 11.8. The SMILES string of the molecule is CCc1cn[nH]c1NC(=O)C1(CN)CCC(C)CC1. The van der Waals surface area contributed by atoms with Crippen LogP contribution in [0, 0.1) is 11.3 Å². The van der Waals surface area contributed by atoms with Crippen molar-refractivity contribution in [2.24, 2.45) is 17.1 Å². The normalized spacial score (nSPS) is 27.2. The number of nitrogens with two attached hydrogens (primary N) is 1. The number of amides is 1. The van der Waals surface area contributed by atoms with E-state index in [2.05, 4.69) is 22.4 Å². The van der Waals surface area contributed by atoms with E-state index in [4.69, 9.17) is 5.73 Å². The molecule has 1 saturated carbocycles. The molecule has 5 heteroatoms. The van der Waals surface area contributed by atoms with E-state index in [0.29, 0.717) is 12.5 Å². The van der Waals surface area contributed by atoms with Crippen LogP contribution in [0.25, 0.3) is 0 Å². The van der Waals surface area contributed by atoms with Crippen molar-refractivity contribution in [3.8, 4) is 0 Å². The Kier molecular flexibility index (Phi) is 4.24. The molecule has 106 valence electrons. The summed E-state index contributed by atoms with van der Waals surface area (Å²) in [5, 5.41) is 9.82. The van der Waals surface area contributed by atoms with Crippen LogP contribution in [0.4, 0.5) is 5.82 Å². The lowest BCUT2D eigenvalue weighted by molar-refractivity contribution is -0.127. The first-order valence-electron chi connectivity index (χ1n) is 7.15. The van der Waals surface area contributed by atoms with Gasteiger partial charge in [0.2, 0.25) is 5.91 Å². The lowest BCUT2D eigenvalue weighted by Crippen LogP contribution is -2.45. The molecular formula is C14H24N4O. The van der Waals surface area contributed by atoms with E-state index in [-0.39, 0.29) is 5.91 Å². The Morgan fingerprint density at radius 2 is 2.26 bits per heavy atom. The van der Waals surface area contributed by atoms with E-state index < -0.39 is 5.41 Å². The summed E-state index contributed by atoms with van der Waals surface area (Å²) in [7, 11) is 0. The first-order chi connectivity index (χ1) is 9.11. The Bertz CT molecular complexity index is 432. The van der Waals surface area contributed by atoms with Crippen LogP contribution in [0.2, 0.25) is 0 Å². The van der Waals surface area contributed by atoms with Gasteiger partial charge in [-0.1, -0.05) is 13.8 Å². The Hall–Kier alpha value is -1.36. The summed E-state index contributed by atoms with van der Waals surface area (Å²) in [5.74, 6) is 1.46. The number of hydrogen-bond donors (Lipinski definition) is 3. The van der Waals surface area contributed by atoms with Gasteiger partial charge in [0.05, 0.1) is 11.6 Å². The van der Waals surface area contributed by atoms with Crippen LogP contribution in [-0.4, -0.2) is 22.6 Å². The van der Waals surface area contributed by atoms with E-state index in [0.717, 1.165) is 43.5 Å². The van der Waals surface area contributed by atoms with Gasteiger partial charge < -0.3 is 11.1 Å². The number of aromatic amines is 1. The topological polar surface area (TPSA) is 83.8 Å². The highest BCUT2D eigenvalue weighted by atomic mass is 16.2. The minimum Gasteiger partial charge on any atom is -0.329 e. The van der Waals surface area contributed by atoms with Gasteiger partial charge in [0.1, 0.15) is 5.82 Å². The predicted octanol–water partition coefficient (Wildman–Crippen LogP) is 2.07. The fourth-order valence-corrected chi connectivity index (χ4v) is 2.77. The second kappa shape index (κ2) is 5.74. The van der Waals surface area contributed by atoms with Crippen LogP contribution in [0.1, 0.15) is 45.1 Å². The summed E-state index contributed by atoms with van der Waals surface area (Å²) in [6, 6.07) is 0. The fourth-order valence-electron chi connectivity index (χ4n) is 2.77. The quantitative estimate of drug-likeness (QED) is 0.778. The first-order valence-corrected chi connectivity index (χ1v) is 7.15. The molecule has 1 aromatic rings. The van der Waals surface area contributed by atoms with Crippen LogP contribution in [-0.2, 0) is 11.2 Å². The van der Waals surface area contributed by atoms with Gasteiger partial charge in [-0.05, 0) is 38.0 Å². The average Bonchev–Trinajstić information content (AvgIpc) is 2.87. The molecule has 0 unspecified atom stereocenters. The molecule has 1 aliphatic carbocycles. The van der Waals surface area contributed by atoms with Crippen LogP contribution >= 0.6 is 0 Å². The number of rotatable bonds is 4. The molecule has 0 saturated heterocycles. The molecule has 5 nitrogen and oxygen atoms in total. The Morgan fingerprint density at radius 3 is 2.84 bits per heavy atom. The summed E-state index contributed by atoms with van der Waals surface area (Å²) in [6.45, 7) is 4.70. The van der Waals surface area contributed by atoms with Crippen LogP contribution in [0.3, 0.4) is 0 Å². The van der Waals surface area contributed by atoms with Crippen molar-refractivity contribution in [2.45, 2.75) is 46.0 Å². The molecule has 1 aromatic heterocycles. The fraction of sp³-hybridized carbons (Fsp3) is 0.714. The Morgan fingerprint density at radius 1 is 1.58 bits per heavy atom. The third-order valence-electron chi connectivity index (χ3n) is 4.44. The maximum atomic E-state index is 12.6. The Labute approximate surface area is 114 Å². The highest BCUT2D eigenvalue weighted by molar-refractivity contribution is 5.95. The van der Waals surface area contributed by atoms with E-state index in [1.807, 2.05) is 6.92 Å². The summed E-state index contributed by atoms with van der Waals surface area (Å²) in [4.78, 5) is 12.6. The minimum absolute atomic E-state index is 0.0425. The number of aromatic nitrogens is 2. The number of nitrogens with one attached hydrogen (secondary N) is 2. The molecule has 1 fully saturated rings. The predicted molar refractivity (Wildman–Crippen MR) is 75.7 cm³/mol. The second-order valence-corrected chi connectivity index (χ2v) is 5.74. The van der Waals surface area contributed by atoms with Crippen molar-refractivity contribution in [2.75, 3.05) is 11.9 Å². The number of nitrogens with zero attached hydrogens (tertiary/aromatic N) is 1. The lowest BCUT2D eigenvalue weighted by atomic mass is 9.70. The summed E-state index contributed by atoms with van der Waals surface area (Å²) < 4.78 is 0. The van der Waals surface area contributed by atoms with Gasteiger partial charge >= 0.3 is 0 Å². The highest BCUT2D eigenvalue weighted by Gasteiger charge is 2.40. The molecule has 1 heterocycles. The zero-order chi connectivity index (χ0) is 13.9. The third kappa shape index (κ3) is 2.81. The molecule has 0 aliphatic heterocycles. The van der Waals surface area contributed by atoms with Crippen molar-refractivity contribution < 1.29 is 4.79 Å². The van der Waals surface area contributed by atoms with Crippen molar-refractivity contribution >= 4 is 11.7 Å². The number of hydrogen-bond acceptors (Lipinski definition) is 3. The van der Waals surface area contributed by atoms with Crippen LogP contribution < -0.4 is 11.1 Å². The molecule has 0 radical (unpaired) electrons. The average molecular weight is 264 g/mol. The van der Waals surface area contributed by atoms with Crippen molar-refractivity contribution in [3.63, 3.8) is 0 Å². The summed E-state index contributed by atoms with van der Waals surface area (Å²) in [5.41, 5.74) is 6.53. The van der Waals surface area contributed by atoms with Crippen LogP contribution in [0.5, 0.6) is 0 Å². The van der Waals surface area contributed by atoms with Crippen molar-refractivity contribution in [3.05, 3.63) is 11.8 Å². The molecule has 2 rings (SSSR count). The van der Waals surface area contributed by atoms with E-state index in [1.54, 1.807) is 6.20 Å². The van der Waals surface area contributed by atoms with E-state index in [1.165, 1.54) is 0 Å². The van der Waals surface area contributed by atoms with Crippen molar-refractivity contribution in [1.29, 1.82) is 0 Å². The molecule has 1 aliphatic rings. The molecule has 4 N–H and O–H groups in total. The lowest BCUT2D eigenvalue weighted by Gasteiger charge is -2.37. The number of carbonyl (C=O) groups is 1. The van der Waals surface area contributed by atoms with E-state index in [9.17, 15) is 4.79 Å².